The summed E-state index contributed by atoms with van der Waals surface area (Å²) in [5.74, 6) is 3.98. The van der Waals surface area contributed by atoms with E-state index in [2.05, 4.69) is 39.2 Å². The van der Waals surface area contributed by atoms with Crippen LogP contribution in [0.5, 0.6) is 0 Å². The lowest BCUT2D eigenvalue weighted by molar-refractivity contribution is -0.167. The van der Waals surface area contributed by atoms with Gasteiger partial charge in [-0.3, -0.25) is 4.79 Å². The van der Waals surface area contributed by atoms with Crippen molar-refractivity contribution in [3.63, 3.8) is 0 Å². The van der Waals surface area contributed by atoms with E-state index in [0.717, 1.165) is 35.7 Å². The molecule has 4 fully saturated rings. The van der Waals surface area contributed by atoms with Crippen LogP contribution in [0.15, 0.2) is 11.8 Å². The van der Waals surface area contributed by atoms with Crippen LogP contribution in [0.4, 0.5) is 0 Å². The SMILES string of the molecule is CC.CC1CCCC2(C)C3CCC4(C)C(C(=O)CCN5C=C(C#N)CN5)CCCC4C3CC[C@]2(C)C1. The second kappa shape index (κ2) is 10.8. The van der Waals surface area contributed by atoms with Crippen LogP contribution in [-0.2, 0) is 4.79 Å². The molecule has 8 atom stereocenters. The topological polar surface area (TPSA) is 56.1 Å². The van der Waals surface area contributed by atoms with Crippen LogP contribution in [0, 0.1) is 57.2 Å². The molecule has 0 aromatic heterocycles. The molecule has 0 radical (unpaired) electrons. The van der Waals surface area contributed by atoms with E-state index < -0.39 is 0 Å². The van der Waals surface area contributed by atoms with Crippen LogP contribution in [0.2, 0.25) is 0 Å². The van der Waals surface area contributed by atoms with Crippen molar-refractivity contribution in [1.29, 1.82) is 5.26 Å². The Morgan fingerprint density at radius 2 is 1.83 bits per heavy atom. The van der Waals surface area contributed by atoms with Gasteiger partial charge in [-0.1, -0.05) is 60.8 Å². The molecule has 0 bridgehead atoms. The lowest BCUT2D eigenvalue weighted by Crippen LogP contribution is -2.58. The lowest BCUT2D eigenvalue weighted by atomic mass is 9.39. The number of ketones is 1. The number of Topliss-reactive ketones (excluding diaryl/α,β-unsaturated/α-hetero) is 1. The van der Waals surface area contributed by atoms with Crippen LogP contribution < -0.4 is 5.43 Å². The van der Waals surface area contributed by atoms with Gasteiger partial charge in [0.15, 0.2) is 0 Å². The zero-order valence-electron chi connectivity index (χ0n) is 24.2. The molecule has 5 rings (SSSR count). The minimum Gasteiger partial charge on any atom is -0.314 e. The van der Waals surface area contributed by atoms with Crippen molar-refractivity contribution in [3.05, 3.63) is 11.8 Å². The Bertz CT molecular complexity index is 875. The summed E-state index contributed by atoms with van der Waals surface area (Å²) in [5.41, 5.74) is 5.14. The van der Waals surface area contributed by atoms with Gasteiger partial charge in [0.2, 0.25) is 0 Å². The summed E-state index contributed by atoms with van der Waals surface area (Å²) in [6.45, 7) is 15.6. The highest BCUT2D eigenvalue weighted by Gasteiger charge is 2.62. The minimum absolute atomic E-state index is 0.185. The van der Waals surface area contributed by atoms with E-state index in [1.165, 1.54) is 64.2 Å². The predicted molar refractivity (Wildman–Crippen MR) is 148 cm³/mol. The number of nitrogens with zero attached hydrogens (tertiary/aromatic N) is 2. The number of carbonyl (C=O) groups is 1. The maximum atomic E-state index is 13.6. The lowest BCUT2D eigenvalue weighted by Gasteiger charge is -2.65. The van der Waals surface area contributed by atoms with Crippen molar-refractivity contribution < 1.29 is 4.79 Å². The van der Waals surface area contributed by atoms with Crippen LogP contribution in [-0.4, -0.2) is 23.9 Å². The summed E-state index contributed by atoms with van der Waals surface area (Å²) >= 11 is 0. The van der Waals surface area contributed by atoms with Gasteiger partial charge in [0.1, 0.15) is 5.78 Å². The third-order valence-electron chi connectivity index (χ3n) is 12.0. The van der Waals surface area contributed by atoms with Gasteiger partial charge in [0, 0.05) is 25.1 Å². The first-order chi connectivity index (χ1) is 17.2. The Morgan fingerprint density at radius 3 is 2.56 bits per heavy atom. The normalized spacial score (nSPS) is 44.0. The molecule has 4 nitrogen and oxygen atoms in total. The standard InChI is InChI=1S/C30H47N3O.C2H6/c1-21-7-6-13-30(4)25-11-15-29(3)24(23(25)10-14-28(30,2)17-21)8-5-9-26(29)27(34)12-16-33-20-22(18-31)19-32-33;1-2/h20-21,23-26,32H,5-17,19H2,1-4H3;1-2H3/t21?,23?,24?,25?,26?,28-,29?,30?;/m1./s1. The highest BCUT2D eigenvalue weighted by Crippen LogP contribution is 2.69. The maximum absolute atomic E-state index is 13.6. The highest BCUT2D eigenvalue weighted by atomic mass is 16.1. The molecule has 1 N–H and O–H groups in total. The van der Waals surface area contributed by atoms with Crippen molar-refractivity contribution in [2.24, 2.45) is 45.8 Å². The van der Waals surface area contributed by atoms with E-state index in [1.807, 2.05) is 25.1 Å². The van der Waals surface area contributed by atoms with Gasteiger partial charge in [-0.05, 0) is 91.3 Å². The molecule has 4 aliphatic carbocycles. The molecular weight excluding hydrogens is 442 g/mol. The molecule has 0 aromatic carbocycles. The maximum Gasteiger partial charge on any atom is 0.138 e. The second-order valence-electron chi connectivity index (χ2n) is 13.6. The average molecular weight is 496 g/mol. The second-order valence-corrected chi connectivity index (χ2v) is 13.6. The van der Waals surface area contributed by atoms with Crippen LogP contribution in [0.1, 0.15) is 119 Å². The van der Waals surface area contributed by atoms with E-state index in [-0.39, 0.29) is 11.3 Å². The number of hydrogen-bond acceptors (Lipinski definition) is 4. The van der Waals surface area contributed by atoms with Gasteiger partial charge < -0.3 is 5.01 Å². The van der Waals surface area contributed by atoms with Crippen molar-refractivity contribution >= 4 is 5.78 Å². The first-order valence-electron chi connectivity index (χ1n) is 15.3. The third kappa shape index (κ3) is 4.68. The fraction of sp³-hybridized carbons (Fsp3) is 0.875. The highest BCUT2D eigenvalue weighted by molar-refractivity contribution is 5.82. The molecule has 0 aromatic rings. The number of nitrogens with one attached hydrogen (secondary N) is 1. The van der Waals surface area contributed by atoms with E-state index in [4.69, 9.17) is 5.26 Å². The largest absolute Gasteiger partial charge is 0.314 e. The Hall–Kier alpha value is -1.34. The zero-order chi connectivity index (χ0) is 26.1. The number of rotatable bonds is 4. The molecule has 0 amide bonds. The van der Waals surface area contributed by atoms with Crippen LogP contribution >= 0.6 is 0 Å². The minimum atomic E-state index is 0.185. The van der Waals surface area contributed by atoms with E-state index >= 15 is 0 Å². The Kier molecular flexibility index (Phi) is 8.31. The summed E-state index contributed by atoms with van der Waals surface area (Å²) in [7, 11) is 0. The molecule has 0 saturated heterocycles. The van der Waals surface area contributed by atoms with Crippen molar-refractivity contribution in [3.8, 4) is 6.07 Å². The first kappa shape index (κ1) is 27.7. The van der Waals surface area contributed by atoms with Gasteiger partial charge in [-0.25, -0.2) is 5.43 Å². The number of carbonyl (C=O) groups excluding carboxylic acids is 1. The molecule has 7 unspecified atom stereocenters. The predicted octanol–water partition coefficient (Wildman–Crippen LogP) is 7.66. The van der Waals surface area contributed by atoms with E-state index in [0.29, 0.717) is 36.1 Å². The van der Waals surface area contributed by atoms with Gasteiger partial charge in [-0.15, -0.1) is 0 Å². The molecule has 202 valence electrons. The third-order valence-corrected chi connectivity index (χ3v) is 12.0. The molecule has 4 saturated carbocycles. The summed E-state index contributed by atoms with van der Waals surface area (Å²) in [6, 6.07) is 2.22. The summed E-state index contributed by atoms with van der Waals surface area (Å²) < 4.78 is 0. The van der Waals surface area contributed by atoms with Crippen LogP contribution in [0.25, 0.3) is 0 Å². The van der Waals surface area contributed by atoms with Crippen molar-refractivity contribution in [2.75, 3.05) is 13.1 Å². The molecule has 5 aliphatic rings. The molecule has 1 aliphatic heterocycles. The summed E-state index contributed by atoms with van der Waals surface area (Å²) in [6.07, 6.45) is 17.2. The fourth-order valence-corrected chi connectivity index (χ4v) is 10.0. The Labute approximate surface area is 221 Å². The van der Waals surface area contributed by atoms with Gasteiger partial charge >= 0.3 is 0 Å². The zero-order valence-corrected chi connectivity index (χ0v) is 24.2. The smallest absolute Gasteiger partial charge is 0.138 e. The Balaban J connectivity index is 0.00000148. The van der Waals surface area contributed by atoms with Crippen molar-refractivity contribution in [1.82, 2.24) is 10.4 Å². The summed E-state index contributed by atoms with van der Waals surface area (Å²) in [4.78, 5) is 13.6. The number of fused-ring (bicyclic) bond motifs is 5. The van der Waals surface area contributed by atoms with Crippen molar-refractivity contribution in [2.45, 2.75) is 119 Å². The van der Waals surface area contributed by atoms with Gasteiger partial charge in [-0.2, -0.15) is 5.26 Å². The molecule has 36 heavy (non-hydrogen) atoms. The molecular formula is C32H53N3O. The first-order valence-corrected chi connectivity index (χ1v) is 15.3. The average Bonchev–Trinajstić information content (AvgIpc) is 3.29. The number of nitriles is 1. The molecule has 1 heterocycles. The Morgan fingerprint density at radius 1 is 1.06 bits per heavy atom. The quantitative estimate of drug-likeness (QED) is 0.435. The van der Waals surface area contributed by atoms with E-state index in [1.54, 1.807) is 0 Å². The molecule has 4 heteroatoms. The molecule has 0 spiro atoms. The monoisotopic (exact) mass is 495 g/mol. The van der Waals surface area contributed by atoms with Gasteiger partial charge in [0.05, 0.1) is 18.2 Å². The van der Waals surface area contributed by atoms with Crippen LogP contribution in [0.3, 0.4) is 0 Å². The van der Waals surface area contributed by atoms with E-state index in [9.17, 15) is 4.79 Å². The number of hydrazine groups is 1. The van der Waals surface area contributed by atoms with Gasteiger partial charge in [0.25, 0.3) is 0 Å². The number of hydrogen-bond donors (Lipinski definition) is 1. The summed E-state index contributed by atoms with van der Waals surface area (Å²) in [5, 5.41) is 11.1. The fourth-order valence-electron chi connectivity index (χ4n) is 10.0.